The second-order valence-corrected chi connectivity index (χ2v) is 7.75. The van der Waals surface area contributed by atoms with E-state index in [4.69, 9.17) is 0 Å². The Morgan fingerprint density at radius 3 is 2.45 bits per heavy atom. The summed E-state index contributed by atoms with van der Waals surface area (Å²) in [6, 6.07) is 9.78. The normalized spacial score (nSPS) is 17.1. The van der Waals surface area contributed by atoms with Crippen LogP contribution in [0.4, 0.5) is 16.4 Å². The van der Waals surface area contributed by atoms with Gasteiger partial charge in [-0.2, -0.15) is 0 Å². The number of anilines is 2. The molecule has 2 fully saturated rings. The number of hydrogen-bond acceptors (Lipinski definition) is 5. The molecule has 2 saturated heterocycles. The van der Waals surface area contributed by atoms with E-state index in [0.717, 1.165) is 75.3 Å². The second-order valence-electron chi connectivity index (χ2n) is 7.75. The summed E-state index contributed by atoms with van der Waals surface area (Å²) in [7, 11) is 1.81. The average molecular weight is 423 g/mol. The van der Waals surface area contributed by atoms with Crippen LogP contribution in [0, 0.1) is 0 Å². The number of nitrogens with one attached hydrogen (secondary N) is 2. The van der Waals surface area contributed by atoms with Crippen LogP contribution in [0.15, 0.2) is 47.7 Å². The maximum Gasteiger partial charge on any atom is 0.321 e. The average Bonchev–Trinajstić information content (AvgIpc) is 3.36. The van der Waals surface area contributed by atoms with E-state index in [1.165, 1.54) is 0 Å². The maximum absolute atomic E-state index is 12.3. The van der Waals surface area contributed by atoms with Crippen LogP contribution < -0.4 is 15.5 Å². The number of piperazine rings is 1. The Kier molecular flexibility index (Phi) is 6.81. The number of hydrogen-bond donors (Lipinski definition) is 2. The van der Waals surface area contributed by atoms with Crippen LogP contribution in [0.25, 0.3) is 0 Å². The number of urea groups is 1. The molecule has 0 bridgehead atoms. The highest BCUT2D eigenvalue weighted by molar-refractivity contribution is 5.89. The van der Waals surface area contributed by atoms with Crippen LogP contribution in [-0.4, -0.2) is 78.1 Å². The molecule has 2 aromatic rings. The molecule has 9 nitrogen and oxygen atoms in total. The minimum Gasteiger partial charge on any atom is -0.352 e. The summed E-state index contributed by atoms with van der Waals surface area (Å²) in [5.74, 6) is 1.65. The van der Waals surface area contributed by atoms with Gasteiger partial charge in [0.2, 0.25) is 5.95 Å². The molecule has 3 heterocycles. The third kappa shape index (κ3) is 5.42. The number of rotatable bonds is 4. The van der Waals surface area contributed by atoms with Crippen LogP contribution in [0.2, 0.25) is 0 Å². The van der Waals surface area contributed by atoms with Gasteiger partial charge in [-0.15, -0.1) is 0 Å². The Balaban J connectivity index is 1.28. The second kappa shape index (κ2) is 10.1. The molecule has 0 aliphatic carbocycles. The van der Waals surface area contributed by atoms with Gasteiger partial charge in [-0.3, -0.25) is 4.99 Å². The molecule has 31 heavy (non-hydrogen) atoms. The van der Waals surface area contributed by atoms with Gasteiger partial charge in [0.15, 0.2) is 5.96 Å². The molecule has 164 valence electrons. The molecule has 1 aromatic carbocycles. The lowest BCUT2D eigenvalue weighted by Crippen LogP contribution is -2.52. The maximum atomic E-state index is 12.3. The molecule has 1 aromatic heterocycles. The fourth-order valence-electron chi connectivity index (χ4n) is 3.97. The Hall–Kier alpha value is -3.36. The summed E-state index contributed by atoms with van der Waals surface area (Å²) in [6.07, 6.45) is 5.72. The van der Waals surface area contributed by atoms with Crippen molar-refractivity contribution < 1.29 is 4.79 Å². The van der Waals surface area contributed by atoms with Crippen LogP contribution in [0.3, 0.4) is 0 Å². The molecule has 9 heteroatoms. The molecule has 0 radical (unpaired) electrons. The van der Waals surface area contributed by atoms with Crippen molar-refractivity contribution in [2.45, 2.75) is 19.4 Å². The molecule has 0 spiro atoms. The van der Waals surface area contributed by atoms with Gasteiger partial charge >= 0.3 is 6.03 Å². The number of carbonyl (C=O) groups excluding carboxylic acids is 1. The van der Waals surface area contributed by atoms with Crippen molar-refractivity contribution in [2.75, 3.05) is 56.5 Å². The van der Waals surface area contributed by atoms with Crippen molar-refractivity contribution >= 4 is 23.6 Å². The zero-order valence-corrected chi connectivity index (χ0v) is 18.0. The number of nitrogens with zero attached hydrogens (tertiary/aromatic N) is 6. The van der Waals surface area contributed by atoms with E-state index in [1.807, 2.05) is 36.2 Å². The van der Waals surface area contributed by atoms with Crippen molar-refractivity contribution in [2.24, 2.45) is 4.99 Å². The summed E-state index contributed by atoms with van der Waals surface area (Å²) in [5, 5.41) is 6.46. The lowest BCUT2D eigenvalue weighted by Gasteiger charge is -2.36. The number of amides is 2. The first-order valence-electron chi connectivity index (χ1n) is 10.9. The fourth-order valence-corrected chi connectivity index (χ4v) is 3.97. The van der Waals surface area contributed by atoms with E-state index in [1.54, 1.807) is 12.4 Å². The van der Waals surface area contributed by atoms with Crippen molar-refractivity contribution in [1.29, 1.82) is 0 Å². The molecular weight excluding hydrogens is 392 g/mol. The van der Waals surface area contributed by atoms with Gasteiger partial charge < -0.3 is 25.3 Å². The topological polar surface area (TPSA) is 89.0 Å². The predicted octanol–water partition coefficient (Wildman–Crippen LogP) is 2.00. The molecule has 2 aliphatic rings. The monoisotopic (exact) mass is 422 g/mol. The first-order chi connectivity index (χ1) is 15.2. The van der Waals surface area contributed by atoms with Crippen LogP contribution in [0.5, 0.6) is 0 Å². The van der Waals surface area contributed by atoms with E-state index in [0.29, 0.717) is 6.54 Å². The minimum atomic E-state index is -0.0151. The first kappa shape index (κ1) is 20.9. The Bertz CT molecular complexity index is 889. The number of aliphatic imine (C=N–C) groups is 1. The van der Waals surface area contributed by atoms with Gasteiger partial charge in [0.25, 0.3) is 0 Å². The number of likely N-dealkylation sites (tertiary alicyclic amines) is 1. The molecular formula is C22H30N8O. The highest BCUT2D eigenvalue weighted by Crippen LogP contribution is 2.15. The molecule has 2 aliphatic heterocycles. The SMILES string of the molecule is CN=C(NCc1cccc(NC(=O)N2CCCC2)c1)N1CCN(c2ncccn2)CC1. The molecule has 2 amide bonds. The van der Waals surface area contributed by atoms with E-state index in [2.05, 4.69) is 41.5 Å². The van der Waals surface area contributed by atoms with Crippen molar-refractivity contribution in [3.05, 3.63) is 48.3 Å². The van der Waals surface area contributed by atoms with E-state index in [9.17, 15) is 4.79 Å². The van der Waals surface area contributed by atoms with Gasteiger partial charge in [-0.1, -0.05) is 12.1 Å². The Morgan fingerprint density at radius 1 is 1.00 bits per heavy atom. The summed E-state index contributed by atoms with van der Waals surface area (Å²) < 4.78 is 0. The van der Waals surface area contributed by atoms with Crippen LogP contribution >= 0.6 is 0 Å². The zero-order chi connectivity index (χ0) is 21.5. The van der Waals surface area contributed by atoms with Crippen LogP contribution in [0.1, 0.15) is 18.4 Å². The zero-order valence-electron chi connectivity index (χ0n) is 18.0. The number of benzene rings is 1. The lowest BCUT2D eigenvalue weighted by molar-refractivity contribution is 0.222. The van der Waals surface area contributed by atoms with Gasteiger partial charge in [0.05, 0.1) is 0 Å². The molecule has 2 N–H and O–H groups in total. The highest BCUT2D eigenvalue weighted by atomic mass is 16.2. The molecule has 4 rings (SSSR count). The van der Waals surface area contributed by atoms with Gasteiger partial charge in [-0.25, -0.2) is 14.8 Å². The number of carbonyl (C=O) groups is 1. The Morgan fingerprint density at radius 2 is 1.74 bits per heavy atom. The van der Waals surface area contributed by atoms with Crippen molar-refractivity contribution in [3.63, 3.8) is 0 Å². The van der Waals surface area contributed by atoms with E-state index in [-0.39, 0.29) is 6.03 Å². The molecule has 0 unspecified atom stereocenters. The smallest absolute Gasteiger partial charge is 0.321 e. The number of aromatic nitrogens is 2. The third-order valence-corrected chi connectivity index (χ3v) is 5.65. The van der Waals surface area contributed by atoms with E-state index >= 15 is 0 Å². The first-order valence-corrected chi connectivity index (χ1v) is 10.9. The highest BCUT2D eigenvalue weighted by Gasteiger charge is 2.21. The van der Waals surface area contributed by atoms with Gasteiger partial charge in [0.1, 0.15) is 0 Å². The predicted molar refractivity (Wildman–Crippen MR) is 122 cm³/mol. The summed E-state index contributed by atoms with van der Waals surface area (Å²) in [5.41, 5.74) is 1.92. The van der Waals surface area contributed by atoms with Crippen molar-refractivity contribution in [1.82, 2.24) is 25.1 Å². The number of guanidine groups is 1. The largest absolute Gasteiger partial charge is 0.352 e. The van der Waals surface area contributed by atoms with Crippen molar-refractivity contribution in [3.8, 4) is 0 Å². The summed E-state index contributed by atoms with van der Waals surface area (Å²) >= 11 is 0. The van der Waals surface area contributed by atoms with Gasteiger partial charge in [0, 0.05) is 70.9 Å². The minimum absolute atomic E-state index is 0.0151. The standard InChI is InChI=1S/C22H30N8O/c1-23-20(28-12-14-29(15-13-28)21-24-8-5-9-25-21)26-17-18-6-4-7-19(16-18)27-22(31)30-10-2-3-11-30/h4-9,16H,2-3,10-15,17H2,1H3,(H,23,26)(H,27,31). The summed E-state index contributed by atoms with van der Waals surface area (Å²) in [4.78, 5) is 31.8. The fraction of sp³-hybridized carbons (Fsp3) is 0.455. The third-order valence-electron chi connectivity index (χ3n) is 5.65. The Labute approximate surface area is 183 Å². The van der Waals surface area contributed by atoms with Crippen LogP contribution in [-0.2, 0) is 6.54 Å². The summed E-state index contributed by atoms with van der Waals surface area (Å²) in [6.45, 7) is 5.72. The van der Waals surface area contributed by atoms with E-state index < -0.39 is 0 Å². The van der Waals surface area contributed by atoms with Gasteiger partial charge in [-0.05, 0) is 36.6 Å². The molecule has 0 atom stereocenters. The quantitative estimate of drug-likeness (QED) is 0.579. The lowest BCUT2D eigenvalue weighted by atomic mass is 10.2. The molecule has 0 saturated carbocycles.